The van der Waals surface area contributed by atoms with Crippen LogP contribution in [0.5, 0.6) is 0 Å². The minimum atomic E-state index is 0.929. The zero-order valence-corrected chi connectivity index (χ0v) is 6.74. The minimum Gasteiger partial charge on any atom is -0.0806 e. The number of hydrogen-bond acceptors (Lipinski definition) is 0. The molecule has 0 aliphatic heterocycles. The van der Waals surface area contributed by atoms with Crippen LogP contribution in [-0.2, 0) is 0 Å². The molecule has 0 aromatic carbocycles. The van der Waals surface area contributed by atoms with E-state index in [-0.39, 0.29) is 0 Å². The Morgan fingerprint density at radius 1 is 0.818 bits per heavy atom. The molecule has 3 aliphatic carbocycles. The monoisotopic (exact) mass is 146 g/mol. The van der Waals surface area contributed by atoms with Gasteiger partial charge in [-0.15, -0.1) is 0 Å². The third-order valence-corrected chi connectivity index (χ3v) is 3.82. The third kappa shape index (κ3) is 0.702. The Balaban J connectivity index is 1.98. The molecule has 2 saturated carbocycles. The van der Waals surface area contributed by atoms with Crippen molar-refractivity contribution in [3.8, 4) is 0 Å². The van der Waals surface area contributed by atoms with Crippen molar-refractivity contribution in [1.29, 1.82) is 0 Å². The first-order valence-corrected chi connectivity index (χ1v) is 4.80. The highest BCUT2D eigenvalue weighted by Crippen LogP contribution is 2.54. The molecule has 3 aliphatic rings. The summed E-state index contributed by atoms with van der Waals surface area (Å²) in [4.78, 5) is 0. The van der Waals surface area contributed by atoms with E-state index in [1.807, 2.05) is 0 Å². The van der Waals surface area contributed by atoms with E-state index in [1.54, 1.807) is 0 Å². The molecule has 4 atom stereocenters. The molecule has 0 spiro atoms. The largest absolute Gasteiger partial charge is 0.0806 e. The van der Waals surface area contributed by atoms with E-state index in [2.05, 4.69) is 24.3 Å². The standard InChI is InChI=1S/C11H14/c1-2-4-11-9-6-5-8(7-9)10(11)3-1/h1-4,8-11H,5-7H2/t8-,9+,10+,11-. The highest BCUT2D eigenvalue weighted by atomic mass is 14.5. The normalized spacial score (nSPS) is 51.6. The fraction of sp³-hybridized carbons (Fsp3) is 0.636. The van der Waals surface area contributed by atoms with Crippen LogP contribution >= 0.6 is 0 Å². The first-order valence-electron chi connectivity index (χ1n) is 4.80. The maximum absolute atomic E-state index is 2.44. The molecule has 0 saturated heterocycles. The van der Waals surface area contributed by atoms with Crippen LogP contribution in [0.25, 0.3) is 0 Å². The van der Waals surface area contributed by atoms with Crippen LogP contribution in [0.1, 0.15) is 19.3 Å². The highest BCUT2D eigenvalue weighted by molar-refractivity contribution is 5.20. The van der Waals surface area contributed by atoms with Gasteiger partial charge in [0.2, 0.25) is 0 Å². The molecule has 3 rings (SSSR count). The number of fused-ring (bicyclic) bond motifs is 5. The smallest absolute Gasteiger partial charge is 0.0136 e. The maximum atomic E-state index is 2.44. The molecule has 0 aromatic rings. The van der Waals surface area contributed by atoms with E-state index < -0.39 is 0 Å². The maximum Gasteiger partial charge on any atom is -0.0136 e. The van der Waals surface area contributed by atoms with Crippen LogP contribution in [-0.4, -0.2) is 0 Å². The average Bonchev–Trinajstić information content (AvgIpc) is 2.64. The SMILES string of the molecule is C1=C[C@@H]2[C@H]3CC[C@H](C3)[C@@H]2C=C1. The molecule has 2 bridgehead atoms. The molecule has 0 unspecified atom stereocenters. The fourth-order valence-electron chi connectivity index (χ4n) is 3.34. The lowest BCUT2D eigenvalue weighted by Crippen LogP contribution is -2.19. The second kappa shape index (κ2) is 2.00. The van der Waals surface area contributed by atoms with Crippen molar-refractivity contribution >= 4 is 0 Å². The first-order chi connectivity index (χ1) is 5.45. The molecule has 58 valence electrons. The summed E-state index contributed by atoms with van der Waals surface area (Å²) in [5, 5.41) is 0. The van der Waals surface area contributed by atoms with Crippen molar-refractivity contribution in [3.63, 3.8) is 0 Å². The third-order valence-electron chi connectivity index (χ3n) is 3.82. The Labute approximate surface area is 68.0 Å². The van der Waals surface area contributed by atoms with Gasteiger partial charge in [-0.3, -0.25) is 0 Å². The molecule has 11 heavy (non-hydrogen) atoms. The molecule has 0 nitrogen and oxygen atoms in total. The second-order valence-corrected chi connectivity index (χ2v) is 4.26. The van der Waals surface area contributed by atoms with Crippen molar-refractivity contribution in [3.05, 3.63) is 24.3 Å². The lowest BCUT2D eigenvalue weighted by atomic mass is 9.77. The number of rotatable bonds is 0. The van der Waals surface area contributed by atoms with Gasteiger partial charge < -0.3 is 0 Å². The van der Waals surface area contributed by atoms with Gasteiger partial charge in [0.1, 0.15) is 0 Å². The summed E-state index contributed by atoms with van der Waals surface area (Å²) in [6.45, 7) is 0. The van der Waals surface area contributed by atoms with Crippen molar-refractivity contribution in [2.45, 2.75) is 19.3 Å². The van der Waals surface area contributed by atoms with Crippen LogP contribution in [0.2, 0.25) is 0 Å². The van der Waals surface area contributed by atoms with Gasteiger partial charge in [0.05, 0.1) is 0 Å². The Morgan fingerprint density at radius 2 is 1.36 bits per heavy atom. The van der Waals surface area contributed by atoms with Gasteiger partial charge in [-0.1, -0.05) is 24.3 Å². The zero-order chi connectivity index (χ0) is 7.26. The summed E-state index contributed by atoms with van der Waals surface area (Å²) < 4.78 is 0. The Morgan fingerprint density at radius 3 is 1.91 bits per heavy atom. The fourth-order valence-corrected chi connectivity index (χ4v) is 3.34. The number of allylic oxidation sites excluding steroid dienone is 4. The predicted molar refractivity (Wildman–Crippen MR) is 46.1 cm³/mol. The van der Waals surface area contributed by atoms with Crippen molar-refractivity contribution in [1.82, 2.24) is 0 Å². The molecule has 0 radical (unpaired) electrons. The van der Waals surface area contributed by atoms with Gasteiger partial charge >= 0.3 is 0 Å². The highest BCUT2D eigenvalue weighted by Gasteiger charge is 2.45. The second-order valence-electron chi connectivity index (χ2n) is 4.26. The van der Waals surface area contributed by atoms with Crippen LogP contribution < -0.4 is 0 Å². The van der Waals surface area contributed by atoms with Crippen LogP contribution in [0.15, 0.2) is 24.3 Å². The van der Waals surface area contributed by atoms with E-state index in [9.17, 15) is 0 Å². The van der Waals surface area contributed by atoms with Crippen molar-refractivity contribution in [2.24, 2.45) is 23.7 Å². The lowest BCUT2D eigenvalue weighted by Gasteiger charge is -2.27. The van der Waals surface area contributed by atoms with E-state index in [0.717, 1.165) is 23.7 Å². The molecule has 0 aromatic heterocycles. The predicted octanol–water partition coefficient (Wildman–Crippen LogP) is 2.77. The lowest BCUT2D eigenvalue weighted by molar-refractivity contribution is 0.315. The molecule has 2 fully saturated rings. The van der Waals surface area contributed by atoms with E-state index in [4.69, 9.17) is 0 Å². The van der Waals surface area contributed by atoms with Gasteiger partial charge in [-0.2, -0.15) is 0 Å². The van der Waals surface area contributed by atoms with Crippen LogP contribution in [0, 0.1) is 23.7 Å². The molecular formula is C11H14. The summed E-state index contributed by atoms with van der Waals surface area (Å²) in [5.74, 6) is 3.95. The van der Waals surface area contributed by atoms with Gasteiger partial charge in [0.25, 0.3) is 0 Å². The van der Waals surface area contributed by atoms with Gasteiger partial charge in [-0.25, -0.2) is 0 Å². The van der Waals surface area contributed by atoms with Gasteiger partial charge in [-0.05, 0) is 42.9 Å². The molecule has 0 N–H and O–H groups in total. The Hall–Kier alpha value is -0.520. The quantitative estimate of drug-likeness (QED) is 0.493. The average molecular weight is 146 g/mol. The van der Waals surface area contributed by atoms with Crippen molar-refractivity contribution < 1.29 is 0 Å². The van der Waals surface area contributed by atoms with Crippen molar-refractivity contribution in [2.75, 3.05) is 0 Å². The van der Waals surface area contributed by atoms with E-state index >= 15 is 0 Å². The van der Waals surface area contributed by atoms with Crippen LogP contribution in [0.3, 0.4) is 0 Å². The van der Waals surface area contributed by atoms with Gasteiger partial charge in [0.15, 0.2) is 0 Å². The minimum absolute atomic E-state index is 0.929. The zero-order valence-electron chi connectivity index (χ0n) is 6.74. The Kier molecular flexibility index (Phi) is 1.10. The van der Waals surface area contributed by atoms with Gasteiger partial charge in [0, 0.05) is 0 Å². The summed E-state index contributed by atoms with van der Waals surface area (Å²) in [5.41, 5.74) is 0. The molecule has 0 heteroatoms. The summed E-state index contributed by atoms with van der Waals surface area (Å²) in [6.07, 6.45) is 13.9. The summed E-state index contributed by atoms with van der Waals surface area (Å²) in [6, 6.07) is 0. The van der Waals surface area contributed by atoms with E-state index in [1.165, 1.54) is 19.3 Å². The van der Waals surface area contributed by atoms with Crippen LogP contribution in [0.4, 0.5) is 0 Å². The molecular weight excluding hydrogens is 132 g/mol. The number of hydrogen-bond donors (Lipinski definition) is 0. The molecule has 0 heterocycles. The first kappa shape index (κ1) is 6.05. The summed E-state index contributed by atoms with van der Waals surface area (Å²) >= 11 is 0. The summed E-state index contributed by atoms with van der Waals surface area (Å²) in [7, 11) is 0. The Bertz CT molecular complexity index is 200. The topological polar surface area (TPSA) is 0 Å². The van der Waals surface area contributed by atoms with E-state index in [0.29, 0.717) is 0 Å². The molecule has 0 amide bonds.